The number of nitrogens with zero attached hydrogens (tertiary/aromatic N) is 2. The van der Waals surface area contributed by atoms with Crippen LogP contribution in [0.4, 0.5) is 0 Å². The summed E-state index contributed by atoms with van der Waals surface area (Å²) in [4.78, 5) is 41.0. The zero-order valence-corrected chi connectivity index (χ0v) is 13.0. The molecule has 1 aliphatic carbocycles. The standard InChI is InChI=1S/C18H14N2O4/c1-10-9-12(21)14-15(16(10)22)20-8-7-13(17(20)19-14)24-18(23)11-5-3-2-4-6-11/h2-6,9,13H,7-8H2,1H3. The van der Waals surface area contributed by atoms with Crippen LogP contribution in [0, 0.1) is 0 Å². The first kappa shape index (κ1) is 14.6. The van der Waals surface area contributed by atoms with Crippen molar-refractivity contribution in [2.24, 2.45) is 0 Å². The lowest BCUT2D eigenvalue weighted by atomic mass is 9.99. The van der Waals surface area contributed by atoms with Crippen molar-refractivity contribution in [3.05, 3.63) is 64.8 Å². The highest BCUT2D eigenvalue weighted by Crippen LogP contribution is 2.34. The molecular weight excluding hydrogens is 308 g/mol. The van der Waals surface area contributed by atoms with Crippen LogP contribution in [0.5, 0.6) is 0 Å². The number of Topliss-reactive ketones (excluding diaryl/α,β-unsaturated/α-hetero) is 1. The number of esters is 1. The summed E-state index contributed by atoms with van der Waals surface area (Å²) in [5.74, 6) is -0.452. The molecule has 120 valence electrons. The summed E-state index contributed by atoms with van der Waals surface area (Å²) in [6.07, 6.45) is 1.29. The zero-order valence-electron chi connectivity index (χ0n) is 13.0. The Morgan fingerprint density at radius 1 is 1.25 bits per heavy atom. The second-order valence-electron chi connectivity index (χ2n) is 5.89. The van der Waals surface area contributed by atoms with Crippen LogP contribution < -0.4 is 0 Å². The van der Waals surface area contributed by atoms with Crippen LogP contribution in [0.15, 0.2) is 42.0 Å². The maximum atomic E-state index is 12.3. The van der Waals surface area contributed by atoms with Gasteiger partial charge in [-0.25, -0.2) is 9.78 Å². The van der Waals surface area contributed by atoms with Crippen molar-refractivity contribution >= 4 is 17.5 Å². The van der Waals surface area contributed by atoms with E-state index in [0.29, 0.717) is 35.6 Å². The van der Waals surface area contributed by atoms with Crippen LogP contribution in [-0.4, -0.2) is 27.1 Å². The fourth-order valence-electron chi connectivity index (χ4n) is 3.12. The van der Waals surface area contributed by atoms with Crippen molar-refractivity contribution in [2.45, 2.75) is 26.0 Å². The van der Waals surface area contributed by atoms with E-state index in [1.54, 1.807) is 35.8 Å². The van der Waals surface area contributed by atoms with Gasteiger partial charge >= 0.3 is 5.97 Å². The molecule has 2 aromatic rings. The monoisotopic (exact) mass is 322 g/mol. The van der Waals surface area contributed by atoms with Gasteiger partial charge in [-0.2, -0.15) is 0 Å². The second kappa shape index (κ2) is 5.26. The lowest BCUT2D eigenvalue weighted by Gasteiger charge is -2.10. The van der Waals surface area contributed by atoms with Crippen LogP contribution in [0.3, 0.4) is 0 Å². The van der Waals surface area contributed by atoms with E-state index in [2.05, 4.69) is 4.98 Å². The van der Waals surface area contributed by atoms with E-state index in [1.165, 1.54) is 6.08 Å². The SMILES string of the molecule is CC1=CC(=O)c2nc3n(c2C1=O)CCC3OC(=O)c1ccccc1. The topological polar surface area (TPSA) is 78.3 Å². The Kier molecular flexibility index (Phi) is 3.19. The van der Waals surface area contributed by atoms with Crippen molar-refractivity contribution in [3.8, 4) is 0 Å². The van der Waals surface area contributed by atoms with Gasteiger partial charge in [0.15, 0.2) is 11.9 Å². The number of ether oxygens (including phenoxy) is 1. The molecule has 1 atom stereocenters. The molecule has 2 aliphatic rings. The molecule has 1 aromatic heterocycles. The Bertz CT molecular complexity index is 909. The van der Waals surface area contributed by atoms with Gasteiger partial charge in [0.1, 0.15) is 11.4 Å². The van der Waals surface area contributed by atoms with E-state index >= 15 is 0 Å². The van der Waals surface area contributed by atoms with Crippen LogP contribution in [0.25, 0.3) is 0 Å². The molecule has 0 radical (unpaired) electrons. The van der Waals surface area contributed by atoms with E-state index in [9.17, 15) is 14.4 Å². The highest BCUT2D eigenvalue weighted by molar-refractivity contribution is 6.23. The van der Waals surface area contributed by atoms with Gasteiger partial charge in [0.2, 0.25) is 11.6 Å². The number of carbonyl (C=O) groups is 3. The number of benzene rings is 1. The van der Waals surface area contributed by atoms with Crippen LogP contribution in [-0.2, 0) is 11.3 Å². The molecule has 2 heterocycles. The zero-order chi connectivity index (χ0) is 16.8. The molecule has 0 saturated carbocycles. The van der Waals surface area contributed by atoms with Crippen LogP contribution >= 0.6 is 0 Å². The minimum absolute atomic E-state index is 0.154. The molecule has 0 spiro atoms. The average molecular weight is 322 g/mol. The number of hydrogen-bond acceptors (Lipinski definition) is 5. The number of fused-ring (bicyclic) bond motifs is 3. The van der Waals surface area contributed by atoms with Gasteiger partial charge < -0.3 is 9.30 Å². The maximum absolute atomic E-state index is 12.3. The van der Waals surface area contributed by atoms with Gasteiger partial charge in [-0.15, -0.1) is 0 Å². The Balaban J connectivity index is 1.66. The smallest absolute Gasteiger partial charge is 0.338 e. The van der Waals surface area contributed by atoms with E-state index in [-0.39, 0.29) is 17.3 Å². The quantitative estimate of drug-likeness (QED) is 0.794. The third-order valence-corrected chi connectivity index (χ3v) is 4.31. The molecule has 6 heteroatoms. The van der Waals surface area contributed by atoms with Gasteiger partial charge in [-0.1, -0.05) is 18.2 Å². The summed E-state index contributed by atoms with van der Waals surface area (Å²) >= 11 is 0. The van der Waals surface area contributed by atoms with Crippen molar-refractivity contribution in [2.75, 3.05) is 0 Å². The molecule has 1 aromatic carbocycles. The summed E-state index contributed by atoms with van der Waals surface area (Å²) in [7, 11) is 0. The Morgan fingerprint density at radius 3 is 2.75 bits per heavy atom. The van der Waals surface area contributed by atoms with E-state index in [1.807, 2.05) is 6.07 Å². The summed E-state index contributed by atoms with van der Waals surface area (Å²) in [6, 6.07) is 8.69. The van der Waals surface area contributed by atoms with Crippen LogP contribution in [0.2, 0.25) is 0 Å². The highest BCUT2D eigenvalue weighted by Gasteiger charge is 2.37. The number of aromatic nitrogens is 2. The van der Waals surface area contributed by atoms with Gasteiger partial charge in [0.05, 0.1) is 5.56 Å². The molecule has 0 bridgehead atoms. The number of hydrogen-bond donors (Lipinski definition) is 0. The van der Waals surface area contributed by atoms with Gasteiger partial charge in [0, 0.05) is 18.5 Å². The highest BCUT2D eigenvalue weighted by atomic mass is 16.5. The first-order valence-corrected chi connectivity index (χ1v) is 7.70. The third-order valence-electron chi connectivity index (χ3n) is 4.31. The first-order valence-electron chi connectivity index (χ1n) is 7.70. The lowest BCUT2D eigenvalue weighted by Crippen LogP contribution is -2.18. The molecule has 0 fully saturated rings. The van der Waals surface area contributed by atoms with E-state index in [0.717, 1.165) is 0 Å². The molecule has 0 amide bonds. The summed E-state index contributed by atoms with van der Waals surface area (Å²) in [5.41, 5.74) is 1.33. The number of carbonyl (C=O) groups excluding carboxylic acids is 3. The Hall–Kier alpha value is -3.02. The average Bonchev–Trinajstić information content (AvgIpc) is 3.14. The predicted octanol–water partition coefficient (Wildman–Crippen LogP) is 2.51. The third kappa shape index (κ3) is 2.11. The molecular formula is C18H14N2O4. The lowest BCUT2D eigenvalue weighted by molar-refractivity contribution is 0.0292. The molecule has 24 heavy (non-hydrogen) atoms. The molecule has 1 aliphatic heterocycles. The van der Waals surface area contributed by atoms with E-state index in [4.69, 9.17) is 4.74 Å². The van der Waals surface area contributed by atoms with Crippen molar-refractivity contribution in [3.63, 3.8) is 0 Å². The summed E-state index contributed by atoms with van der Waals surface area (Å²) < 4.78 is 7.24. The van der Waals surface area contributed by atoms with E-state index < -0.39 is 12.1 Å². The number of imidazole rings is 1. The predicted molar refractivity (Wildman–Crippen MR) is 83.9 cm³/mol. The molecule has 0 saturated heterocycles. The molecule has 4 rings (SSSR count). The molecule has 0 N–H and O–H groups in total. The van der Waals surface area contributed by atoms with Gasteiger partial charge in [-0.05, 0) is 25.1 Å². The normalized spacial score (nSPS) is 18.9. The fourth-order valence-corrected chi connectivity index (χ4v) is 3.12. The first-order chi connectivity index (χ1) is 11.6. The minimum atomic E-state index is -0.552. The van der Waals surface area contributed by atoms with Crippen molar-refractivity contribution in [1.29, 1.82) is 0 Å². The number of allylic oxidation sites excluding steroid dienone is 2. The number of ketones is 2. The van der Waals surface area contributed by atoms with Crippen molar-refractivity contribution < 1.29 is 19.1 Å². The summed E-state index contributed by atoms with van der Waals surface area (Å²) in [6.45, 7) is 2.11. The maximum Gasteiger partial charge on any atom is 0.338 e. The largest absolute Gasteiger partial charge is 0.451 e. The van der Waals surface area contributed by atoms with Gasteiger partial charge in [-0.3, -0.25) is 9.59 Å². The molecule has 1 unspecified atom stereocenters. The Labute approximate surface area is 137 Å². The van der Waals surface area contributed by atoms with Gasteiger partial charge in [0.25, 0.3) is 0 Å². The number of rotatable bonds is 2. The minimum Gasteiger partial charge on any atom is -0.451 e. The van der Waals surface area contributed by atoms with Crippen LogP contribution in [0.1, 0.15) is 56.6 Å². The second-order valence-corrected chi connectivity index (χ2v) is 5.89. The molecule has 6 nitrogen and oxygen atoms in total. The van der Waals surface area contributed by atoms with Crippen molar-refractivity contribution in [1.82, 2.24) is 9.55 Å². The fraction of sp³-hybridized carbons (Fsp3) is 0.222. The Morgan fingerprint density at radius 2 is 2.00 bits per heavy atom. The summed E-state index contributed by atoms with van der Waals surface area (Å²) in [5, 5.41) is 0.